The summed E-state index contributed by atoms with van der Waals surface area (Å²) in [6.45, 7) is 14.5. The van der Waals surface area contributed by atoms with Gasteiger partial charge in [-0.25, -0.2) is 0 Å². The van der Waals surface area contributed by atoms with Crippen molar-refractivity contribution in [2.75, 3.05) is 39.3 Å². The third-order valence-electron chi connectivity index (χ3n) is 15.0. The molecule has 0 aromatic rings. The lowest BCUT2D eigenvalue weighted by atomic mass is 9.41. The molecule has 8 nitrogen and oxygen atoms in total. The molecular formula is C38H63N3O5. The minimum Gasteiger partial charge on any atom is -0.461 e. The summed E-state index contributed by atoms with van der Waals surface area (Å²) in [6, 6.07) is 0.505. The van der Waals surface area contributed by atoms with Crippen molar-refractivity contribution >= 4 is 11.9 Å². The molecule has 0 bridgehead atoms. The maximum absolute atomic E-state index is 13.4. The molecule has 46 heavy (non-hydrogen) atoms. The smallest absolute Gasteiger partial charge is 0.302 e. The maximum atomic E-state index is 13.4. The van der Waals surface area contributed by atoms with E-state index in [1.165, 1.54) is 57.8 Å². The van der Waals surface area contributed by atoms with Crippen LogP contribution in [0.4, 0.5) is 0 Å². The van der Waals surface area contributed by atoms with Gasteiger partial charge in [0.15, 0.2) is 0 Å². The summed E-state index contributed by atoms with van der Waals surface area (Å²) in [4.78, 5) is 33.1. The minimum atomic E-state index is -0.911. The first-order valence-corrected chi connectivity index (χ1v) is 19.3. The van der Waals surface area contributed by atoms with E-state index in [2.05, 4.69) is 28.5 Å². The highest BCUT2D eigenvalue weighted by molar-refractivity contribution is 5.66. The van der Waals surface area contributed by atoms with E-state index in [0.29, 0.717) is 30.2 Å². The summed E-state index contributed by atoms with van der Waals surface area (Å²) in [5.74, 6) is 0.995. The number of carbonyl (C=O) groups is 2. The lowest BCUT2D eigenvalue weighted by Crippen LogP contribution is -2.75. The monoisotopic (exact) mass is 641 g/mol. The Morgan fingerprint density at radius 1 is 0.674 bits per heavy atom. The Balaban J connectivity index is 1.28. The fourth-order valence-electron chi connectivity index (χ4n) is 12.8. The van der Waals surface area contributed by atoms with E-state index in [4.69, 9.17) is 9.47 Å². The molecule has 0 amide bonds. The number of likely N-dealkylation sites (tertiary alicyclic amines) is 3. The molecule has 7 fully saturated rings. The quantitative estimate of drug-likeness (QED) is 0.400. The summed E-state index contributed by atoms with van der Waals surface area (Å²) in [6.07, 6.45) is 16.4. The van der Waals surface area contributed by atoms with E-state index >= 15 is 0 Å². The first-order valence-electron chi connectivity index (χ1n) is 19.3. The Morgan fingerprint density at radius 3 is 1.78 bits per heavy atom. The van der Waals surface area contributed by atoms with Gasteiger partial charge in [0.2, 0.25) is 0 Å². The predicted molar refractivity (Wildman–Crippen MR) is 178 cm³/mol. The molecule has 4 aliphatic carbocycles. The number of nitrogens with zero attached hydrogens (tertiary/aromatic N) is 3. The van der Waals surface area contributed by atoms with Crippen molar-refractivity contribution < 1.29 is 24.2 Å². The molecule has 6 unspecified atom stereocenters. The molecule has 0 radical (unpaired) electrons. The fraction of sp³-hybridized carbons (Fsp3) is 0.947. The predicted octanol–water partition coefficient (Wildman–Crippen LogP) is 5.40. The number of carbonyl (C=O) groups excluding carboxylic acids is 2. The number of rotatable bonds is 5. The van der Waals surface area contributed by atoms with Crippen LogP contribution in [0.25, 0.3) is 0 Å². The van der Waals surface area contributed by atoms with Crippen LogP contribution in [0, 0.1) is 28.6 Å². The third-order valence-corrected chi connectivity index (χ3v) is 15.0. The molecule has 260 valence electrons. The van der Waals surface area contributed by atoms with Gasteiger partial charge < -0.3 is 14.6 Å². The van der Waals surface area contributed by atoms with E-state index < -0.39 is 5.60 Å². The van der Waals surface area contributed by atoms with Crippen LogP contribution in [-0.4, -0.2) is 107 Å². The molecule has 1 N–H and O–H groups in total. The van der Waals surface area contributed by atoms with Crippen LogP contribution in [0.2, 0.25) is 0 Å². The normalized spacial score (nSPS) is 47.3. The Hall–Kier alpha value is -1.22. The molecule has 4 saturated carbocycles. The number of piperidine rings is 3. The molecule has 3 heterocycles. The molecule has 11 atom stereocenters. The lowest BCUT2D eigenvalue weighted by molar-refractivity contribution is -0.266. The van der Waals surface area contributed by atoms with Crippen LogP contribution >= 0.6 is 0 Å². The summed E-state index contributed by atoms with van der Waals surface area (Å²) in [5.41, 5.74) is -1.24. The van der Waals surface area contributed by atoms with Crippen molar-refractivity contribution in [2.24, 2.45) is 28.6 Å². The molecular weight excluding hydrogens is 578 g/mol. The molecule has 7 rings (SSSR count). The van der Waals surface area contributed by atoms with Crippen molar-refractivity contribution in [1.82, 2.24) is 14.7 Å². The fourth-order valence-corrected chi connectivity index (χ4v) is 12.8. The molecule has 3 aliphatic heterocycles. The average molecular weight is 642 g/mol. The van der Waals surface area contributed by atoms with Crippen molar-refractivity contribution in [3.8, 4) is 0 Å². The van der Waals surface area contributed by atoms with Gasteiger partial charge in [0.05, 0.1) is 5.60 Å². The Labute approximate surface area is 278 Å². The highest BCUT2D eigenvalue weighted by Gasteiger charge is 2.71. The molecule has 3 saturated heterocycles. The molecule has 8 heteroatoms. The number of hydrogen-bond donors (Lipinski definition) is 1. The molecule has 7 aliphatic rings. The second-order valence-electron chi connectivity index (χ2n) is 17.3. The minimum absolute atomic E-state index is 0.0472. The average Bonchev–Trinajstić information content (AvgIpc) is 3.33. The van der Waals surface area contributed by atoms with Crippen LogP contribution in [-0.2, 0) is 19.1 Å². The largest absolute Gasteiger partial charge is 0.461 e. The molecule has 0 aromatic heterocycles. The van der Waals surface area contributed by atoms with Crippen LogP contribution in [0.3, 0.4) is 0 Å². The van der Waals surface area contributed by atoms with Crippen LogP contribution in [0.15, 0.2) is 0 Å². The first-order chi connectivity index (χ1) is 22.0. The van der Waals surface area contributed by atoms with Crippen molar-refractivity contribution in [2.45, 2.75) is 160 Å². The molecule has 0 aromatic carbocycles. The highest BCUT2D eigenvalue weighted by atomic mass is 16.5. The first kappa shape index (κ1) is 33.3. The zero-order valence-electron chi connectivity index (χ0n) is 29.4. The summed E-state index contributed by atoms with van der Waals surface area (Å²) in [5, 5.41) is 13.4. The van der Waals surface area contributed by atoms with Gasteiger partial charge in [0, 0.05) is 49.2 Å². The Bertz CT molecular complexity index is 1120. The maximum Gasteiger partial charge on any atom is 0.302 e. The Kier molecular flexibility index (Phi) is 9.34. The van der Waals surface area contributed by atoms with Crippen molar-refractivity contribution in [1.29, 1.82) is 0 Å². The lowest BCUT2D eigenvalue weighted by Gasteiger charge is -2.69. The van der Waals surface area contributed by atoms with Gasteiger partial charge in [-0.1, -0.05) is 33.1 Å². The van der Waals surface area contributed by atoms with Gasteiger partial charge in [-0.05, 0) is 128 Å². The van der Waals surface area contributed by atoms with Gasteiger partial charge in [0.25, 0.3) is 0 Å². The van der Waals surface area contributed by atoms with Crippen LogP contribution in [0.5, 0.6) is 0 Å². The Morgan fingerprint density at radius 2 is 1.22 bits per heavy atom. The van der Waals surface area contributed by atoms with E-state index in [-0.39, 0.29) is 47.1 Å². The molecule has 0 spiro atoms. The van der Waals surface area contributed by atoms with Gasteiger partial charge >= 0.3 is 11.9 Å². The van der Waals surface area contributed by atoms with Gasteiger partial charge in [0.1, 0.15) is 12.2 Å². The number of hydrogen-bond acceptors (Lipinski definition) is 8. The summed E-state index contributed by atoms with van der Waals surface area (Å²) >= 11 is 0. The number of fused-ring (bicyclic) bond motifs is 5. The van der Waals surface area contributed by atoms with Gasteiger partial charge in [-0.2, -0.15) is 0 Å². The van der Waals surface area contributed by atoms with Gasteiger partial charge in [-0.3, -0.25) is 24.3 Å². The van der Waals surface area contributed by atoms with Crippen molar-refractivity contribution in [3.05, 3.63) is 0 Å². The number of esters is 2. The number of aliphatic hydroxyl groups is 1. The standard InChI is InChI=1S/C38H63N3O5/c1-26(42)45-33-25-38(44)34(41-20-12-7-13-21-41)22-28-29(37(38,4)24-32(33)40-18-10-6-11-19-40)14-15-36(3)30(28)23-31(35(36)46-27(2)43)39-16-8-5-9-17-39/h28-35,44H,5-25H2,1-4H3/t28-,29-,30+,31?,32?,33?,34?,35?,36+,37-,38?/m1/s1. The second-order valence-corrected chi connectivity index (χ2v) is 17.3. The summed E-state index contributed by atoms with van der Waals surface area (Å²) < 4.78 is 12.6. The third kappa shape index (κ3) is 5.57. The van der Waals surface area contributed by atoms with Crippen LogP contribution in [0.1, 0.15) is 124 Å². The van der Waals surface area contributed by atoms with E-state index in [1.54, 1.807) is 13.8 Å². The van der Waals surface area contributed by atoms with E-state index in [0.717, 1.165) is 71.4 Å². The topological polar surface area (TPSA) is 82.5 Å². The van der Waals surface area contributed by atoms with Gasteiger partial charge in [-0.15, -0.1) is 0 Å². The SMILES string of the molecule is CC(=O)OC1CC2(O)C(N3CCCCC3)C[C@@H]3[C@@H](CC[C@]4(C)C(OC(C)=O)C(N5CCCCC5)C[C@@H]34)[C@@]2(C)CC1N1CCCCC1. The van der Waals surface area contributed by atoms with Crippen LogP contribution < -0.4 is 0 Å². The van der Waals surface area contributed by atoms with Crippen molar-refractivity contribution in [3.63, 3.8) is 0 Å². The number of ether oxygens (including phenoxy) is 2. The zero-order valence-corrected chi connectivity index (χ0v) is 29.4. The zero-order chi connectivity index (χ0) is 32.3. The summed E-state index contributed by atoms with van der Waals surface area (Å²) in [7, 11) is 0. The highest BCUT2D eigenvalue weighted by Crippen LogP contribution is 2.69. The second kappa shape index (κ2) is 12.9. The van der Waals surface area contributed by atoms with E-state index in [9.17, 15) is 14.7 Å². The van der Waals surface area contributed by atoms with E-state index in [1.807, 2.05) is 0 Å².